The zero-order valence-corrected chi connectivity index (χ0v) is 14.5. The van der Waals surface area contributed by atoms with E-state index < -0.39 is 0 Å². The highest BCUT2D eigenvalue weighted by Crippen LogP contribution is 2.32. The Labute approximate surface area is 151 Å². The molecule has 0 saturated heterocycles. The van der Waals surface area contributed by atoms with Crippen LogP contribution < -0.4 is 9.47 Å². The number of hydrogen-bond acceptors (Lipinski definition) is 6. The molecule has 1 aliphatic heterocycles. The molecule has 0 saturated carbocycles. The summed E-state index contributed by atoms with van der Waals surface area (Å²) >= 11 is 0. The Balaban J connectivity index is 1.76. The molecule has 1 aromatic heterocycles. The molecule has 3 rings (SSSR count). The number of amides is 1. The minimum absolute atomic E-state index is 0.134. The third-order valence-corrected chi connectivity index (χ3v) is 3.92. The lowest BCUT2D eigenvalue weighted by Gasteiger charge is -2.22. The van der Waals surface area contributed by atoms with Crippen LogP contribution in [0.3, 0.4) is 0 Å². The second-order valence-electron chi connectivity index (χ2n) is 5.71. The number of esters is 1. The number of carbonyl (C=O) groups is 2. The summed E-state index contributed by atoms with van der Waals surface area (Å²) in [7, 11) is 0. The maximum atomic E-state index is 13.0. The first-order chi connectivity index (χ1) is 12.7. The molecule has 2 heterocycles. The van der Waals surface area contributed by atoms with Gasteiger partial charge in [-0.25, -0.2) is 0 Å². The maximum absolute atomic E-state index is 13.0. The first kappa shape index (κ1) is 17.7. The molecule has 136 valence electrons. The second-order valence-corrected chi connectivity index (χ2v) is 5.71. The van der Waals surface area contributed by atoms with Crippen LogP contribution in [0.5, 0.6) is 11.5 Å². The van der Waals surface area contributed by atoms with Crippen molar-refractivity contribution in [3.05, 3.63) is 53.9 Å². The summed E-state index contributed by atoms with van der Waals surface area (Å²) in [6.07, 6.45) is 3.48. The van der Waals surface area contributed by atoms with E-state index in [-0.39, 0.29) is 31.6 Å². The van der Waals surface area contributed by atoms with E-state index in [1.807, 2.05) is 12.1 Å². The van der Waals surface area contributed by atoms with Gasteiger partial charge in [0.15, 0.2) is 11.5 Å². The summed E-state index contributed by atoms with van der Waals surface area (Å²) < 4.78 is 15.6. The largest absolute Gasteiger partial charge is 0.466 e. The van der Waals surface area contributed by atoms with Crippen LogP contribution in [0, 0.1) is 0 Å². The highest BCUT2D eigenvalue weighted by atomic mass is 16.7. The Hall–Kier alpha value is -3.09. The predicted octanol–water partition coefficient (Wildman–Crippen LogP) is 2.41. The normalized spacial score (nSPS) is 11.9. The molecule has 7 nitrogen and oxygen atoms in total. The van der Waals surface area contributed by atoms with Gasteiger partial charge < -0.3 is 19.1 Å². The summed E-state index contributed by atoms with van der Waals surface area (Å²) in [5.41, 5.74) is 1.41. The van der Waals surface area contributed by atoms with E-state index in [4.69, 9.17) is 14.2 Å². The van der Waals surface area contributed by atoms with Gasteiger partial charge in [0.2, 0.25) is 6.79 Å². The Kier molecular flexibility index (Phi) is 5.68. The molecule has 2 aromatic rings. The maximum Gasteiger partial charge on any atom is 0.307 e. The van der Waals surface area contributed by atoms with Crippen molar-refractivity contribution >= 4 is 11.9 Å². The van der Waals surface area contributed by atoms with Crippen LogP contribution in [0.25, 0.3) is 0 Å². The molecule has 0 fully saturated rings. The van der Waals surface area contributed by atoms with E-state index in [1.165, 1.54) is 0 Å². The number of pyridine rings is 1. The molecule has 0 bridgehead atoms. The summed E-state index contributed by atoms with van der Waals surface area (Å²) in [5, 5.41) is 0. The van der Waals surface area contributed by atoms with E-state index in [0.717, 1.165) is 5.56 Å². The Morgan fingerprint density at radius 3 is 2.69 bits per heavy atom. The van der Waals surface area contributed by atoms with Crippen molar-refractivity contribution < 1.29 is 23.8 Å². The Bertz CT molecular complexity index is 779. The van der Waals surface area contributed by atoms with Crippen molar-refractivity contribution in [2.24, 2.45) is 0 Å². The van der Waals surface area contributed by atoms with E-state index in [2.05, 4.69) is 4.98 Å². The van der Waals surface area contributed by atoms with Crippen molar-refractivity contribution in [1.82, 2.24) is 9.88 Å². The molecule has 1 amide bonds. The molecule has 1 aromatic carbocycles. The third kappa shape index (κ3) is 4.30. The quantitative estimate of drug-likeness (QED) is 0.709. The van der Waals surface area contributed by atoms with E-state index in [1.54, 1.807) is 42.4 Å². The van der Waals surface area contributed by atoms with Gasteiger partial charge in [-0.15, -0.1) is 0 Å². The zero-order valence-electron chi connectivity index (χ0n) is 14.5. The average molecular weight is 356 g/mol. The average Bonchev–Trinajstić information content (AvgIpc) is 3.13. The minimum Gasteiger partial charge on any atom is -0.466 e. The first-order valence-electron chi connectivity index (χ1n) is 8.41. The van der Waals surface area contributed by atoms with Gasteiger partial charge in [0.25, 0.3) is 5.91 Å². The third-order valence-electron chi connectivity index (χ3n) is 3.92. The van der Waals surface area contributed by atoms with Gasteiger partial charge >= 0.3 is 5.97 Å². The van der Waals surface area contributed by atoms with Gasteiger partial charge in [0, 0.05) is 31.0 Å². The molecule has 0 N–H and O–H groups in total. The van der Waals surface area contributed by atoms with Crippen LogP contribution in [0.1, 0.15) is 29.3 Å². The Morgan fingerprint density at radius 2 is 1.92 bits per heavy atom. The van der Waals surface area contributed by atoms with Crippen molar-refractivity contribution in [3.8, 4) is 11.5 Å². The molecule has 7 heteroatoms. The summed E-state index contributed by atoms with van der Waals surface area (Å²) in [5.74, 6) is 0.647. The predicted molar refractivity (Wildman–Crippen MR) is 92.8 cm³/mol. The fourth-order valence-corrected chi connectivity index (χ4v) is 2.63. The molecule has 0 radical (unpaired) electrons. The number of ether oxygens (including phenoxy) is 3. The smallest absolute Gasteiger partial charge is 0.307 e. The van der Waals surface area contributed by atoms with Crippen LogP contribution in [0.15, 0.2) is 42.7 Å². The molecular weight excluding hydrogens is 336 g/mol. The van der Waals surface area contributed by atoms with E-state index in [9.17, 15) is 9.59 Å². The number of hydrogen-bond donors (Lipinski definition) is 0. The highest BCUT2D eigenvalue weighted by molar-refractivity contribution is 5.95. The standard InChI is InChI=1S/C19H20N2O5/c1-2-24-18(22)7-10-21(12-14-5-8-20-9-6-14)19(23)15-3-4-16-17(11-15)26-13-25-16/h3-6,8-9,11H,2,7,10,12-13H2,1H3. The van der Waals surface area contributed by atoms with E-state index >= 15 is 0 Å². The molecule has 0 atom stereocenters. The SMILES string of the molecule is CCOC(=O)CCN(Cc1ccncc1)C(=O)c1ccc2c(c1)OCO2. The van der Waals surface area contributed by atoms with Crippen LogP contribution in [0.4, 0.5) is 0 Å². The Morgan fingerprint density at radius 1 is 1.15 bits per heavy atom. The molecule has 1 aliphatic rings. The van der Waals surface area contributed by atoms with Crippen LogP contribution in [-0.4, -0.2) is 41.7 Å². The van der Waals surface area contributed by atoms with Gasteiger partial charge in [-0.05, 0) is 42.8 Å². The van der Waals surface area contributed by atoms with Crippen molar-refractivity contribution in [2.45, 2.75) is 19.9 Å². The second kappa shape index (κ2) is 8.33. The zero-order chi connectivity index (χ0) is 18.4. The number of fused-ring (bicyclic) bond motifs is 1. The lowest BCUT2D eigenvalue weighted by Crippen LogP contribution is -2.33. The molecule has 26 heavy (non-hydrogen) atoms. The van der Waals surface area contributed by atoms with E-state index in [0.29, 0.717) is 30.2 Å². The summed E-state index contributed by atoms with van der Waals surface area (Å²) in [6.45, 7) is 2.85. The van der Waals surface area contributed by atoms with Crippen molar-refractivity contribution in [2.75, 3.05) is 19.9 Å². The van der Waals surface area contributed by atoms with Crippen molar-refractivity contribution in [1.29, 1.82) is 0 Å². The molecule has 0 unspecified atom stereocenters. The lowest BCUT2D eigenvalue weighted by molar-refractivity contribution is -0.143. The summed E-state index contributed by atoms with van der Waals surface area (Å²) in [6, 6.07) is 8.74. The topological polar surface area (TPSA) is 78.0 Å². The fourth-order valence-electron chi connectivity index (χ4n) is 2.63. The molecular formula is C19H20N2O5. The van der Waals surface area contributed by atoms with Gasteiger partial charge in [-0.1, -0.05) is 0 Å². The van der Waals surface area contributed by atoms with Crippen LogP contribution >= 0.6 is 0 Å². The van der Waals surface area contributed by atoms with Gasteiger partial charge in [0.05, 0.1) is 13.0 Å². The minimum atomic E-state index is -0.328. The number of benzene rings is 1. The first-order valence-corrected chi connectivity index (χ1v) is 8.41. The number of nitrogens with zero attached hydrogens (tertiary/aromatic N) is 2. The van der Waals surface area contributed by atoms with Crippen LogP contribution in [-0.2, 0) is 16.1 Å². The summed E-state index contributed by atoms with van der Waals surface area (Å²) in [4.78, 5) is 30.3. The van der Waals surface area contributed by atoms with Crippen LogP contribution in [0.2, 0.25) is 0 Å². The fraction of sp³-hybridized carbons (Fsp3) is 0.316. The molecule has 0 spiro atoms. The number of carbonyl (C=O) groups excluding carboxylic acids is 2. The van der Waals surface area contributed by atoms with Gasteiger partial charge in [0.1, 0.15) is 0 Å². The monoisotopic (exact) mass is 356 g/mol. The van der Waals surface area contributed by atoms with Gasteiger partial charge in [-0.3, -0.25) is 14.6 Å². The van der Waals surface area contributed by atoms with Crippen molar-refractivity contribution in [3.63, 3.8) is 0 Å². The highest BCUT2D eigenvalue weighted by Gasteiger charge is 2.21. The van der Waals surface area contributed by atoms with Gasteiger partial charge in [-0.2, -0.15) is 0 Å². The molecule has 0 aliphatic carbocycles. The number of rotatable bonds is 7. The number of aromatic nitrogens is 1. The lowest BCUT2D eigenvalue weighted by atomic mass is 10.1.